The van der Waals surface area contributed by atoms with Crippen molar-refractivity contribution in [3.63, 3.8) is 0 Å². The largest absolute Gasteiger partial charge is 0.310 e. The standard InChI is InChI=1S/C20H27N/c1-5-19(17-10-8-7-9-11-17)20(21-6-2)18-13-15(3)12-16(4)14-18/h7-14,19-21H,5-6H2,1-4H3. The van der Waals surface area contributed by atoms with Gasteiger partial charge in [-0.1, -0.05) is 73.5 Å². The van der Waals surface area contributed by atoms with E-state index < -0.39 is 0 Å². The Morgan fingerprint density at radius 3 is 2.00 bits per heavy atom. The minimum atomic E-state index is 0.376. The maximum atomic E-state index is 3.70. The Morgan fingerprint density at radius 2 is 1.48 bits per heavy atom. The van der Waals surface area contributed by atoms with E-state index in [0.29, 0.717) is 12.0 Å². The van der Waals surface area contributed by atoms with Gasteiger partial charge in [0, 0.05) is 12.0 Å². The maximum absolute atomic E-state index is 3.70. The number of rotatable bonds is 6. The molecule has 21 heavy (non-hydrogen) atoms. The fourth-order valence-corrected chi connectivity index (χ4v) is 3.27. The van der Waals surface area contributed by atoms with Gasteiger partial charge in [0.2, 0.25) is 0 Å². The quantitative estimate of drug-likeness (QED) is 0.772. The van der Waals surface area contributed by atoms with Crippen molar-refractivity contribution in [3.05, 3.63) is 70.8 Å². The highest BCUT2D eigenvalue weighted by Gasteiger charge is 2.22. The van der Waals surface area contributed by atoms with Crippen molar-refractivity contribution in [2.45, 2.75) is 46.1 Å². The molecule has 0 saturated heterocycles. The molecule has 1 N–H and O–H groups in total. The summed E-state index contributed by atoms with van der Waals surface area (Å²) in [6.07, 6.45) is 1.13. The van der Waals surface area contributed by atoms with Crippen LogP contribution in [0.4, 0.5) is 0 Å². The first-order valence-electron chi connectivity index (χ1n) is 8.02. The highest BCUT2D eigenvalue weighted by Crippen LogP contribution is 2.34. The summed E-state index contributed by atoms with van der Waals surface area (Å²) in [5.41, 5.74) is 5.52. The molecule has 1 heteroatoms. The summed E-state index contributed by atoms with van der Waals surface area (Å²) in [4.78, 5) is 0. The second-order valence-electron chi connectivity index (χ2n) is 5.88. The zero-order valence-corrected chi connectivity index (χ0v) is 13.7. The predicted molar refractivity (Wildman–Crippen MR) is 91.8 cm³/mol. The molecule has 112 valence electrons. The van der Waals surface area contributed by atoms with Crippen molar-refractivity contribution in [2.75, 3.05) is 6.54 Å². The van der Waals surface area contributed by atoms with Gasteiger partial charge in [0.15, 0.2) is 0 Å². The van der Waals surface area contributed by atoms with Crippen LogP contribution in [0, 0.1) is 13.8 Å². The van der Waals surface area contributed by atoms with Crippen molar-refractivity contribution in [1.29, 1.82) is 0 Å². The van der Waals surface area contributed by atoms with Gasteiger partial charge in [0.25, 0.3) is 0 Å². The molecule has 2 unspecified atom stereocenters. The molecular weight excluding hydrogens is 254 g/mol. The Morgan fingerprint density at radius 1 is 0.857 bits per heavy atom. The smallest absolute Gasteiger partial charge is 0.0389 e. The van der Waals surface area contributed by atoms with Crippen molar-refractivity contribution in [3.8, 4) is 0 Å². The molecular formula is C20H27N. The molecule has 2 rings (SSSR count). The highest BCUT2D eigenvalue weighted by atomic mass is 14.9. The van der Waals surface area contributed by atoms with Crippen molar-refractivity contribution < 1.29 is 0 Å². The Labute approximate surface area is 129 Å². The van der Waals surface area contributed by atoms with Gasteiger partial charge in [0.05, 0.1) is 0 Å². The molecule has 1 nitrogen and oxygen atoms in total. The summed E-state index contributed by atoms with van der Waals surface area (Å²) in [5, 5.41) is 3.70. The maximum Gasteiger partial charge on any atom is 0.0389 e. The van der Waals surface area contributed by atoms with E-state index in [0.717, 1.165) is 13.0 Å². The first kappa shape index (κ1) is 15.8. The lowest BCUT2D eigenvalue weighted by Crippen LogP contribution is -2.27. The molecule has 0 saturated carbocycles. The van der Waals surface area contributed by atoms with Gasteiger partial charge < -0.3 is 5.32 Å². The van der Waals surface area contributed by atoms with Crippen molar-refractivity contribution in [2.24, 2.45) is 0 Å². The van der Waals surface area contributed by atoms with E-state index in [-0.39, 0.29) is 0 Å². The second kappa shape index (κ2) is 7.42. The number of hydrogen-bond acceptors (Lipinski definition) is 1. The van der Waals surface area contributed by atoms with Crippen molar-refractivity contribution >= 4 is 0 Å². The minimum Gasteiger partial charge on any atom is -0.310 e. The summed E-state index contributed by atoms with van der Waals surface area (Å²) in [5.74, 6) is 0.507. The first-order chi connectivity index (χ1) is 10.2. The lowest BCUT2D eigenvalue weighted by atomic mass is 9.84. The number of nitrogens with one attached hydrogen (secondary N) is 1. The van der Waals surface area contributed by atoms with Crippen LogP contribution >= 0.6 is 0 Å². The molecule has 0 heterocycles. The van der Waals surface area contributed by atoms with E-state index in [1.165, 1.54) is 22.3 Å². The second-order valence-corrected chi connectivity index (χ2v) is 5.88. The van der Waals surface area contributed by atoms with Crippen LogP contribution in [0.25, 0.3) is 0 Å². The summed E-state index contributed by atoms with van der Waals surface area (Å²) in [6.45, 7) is 9.82. The first-order valence-corrected chi connectivity index (χ1v) is 8.02. The van der Waals surface area contributed by atoms with E-state index in [1.54, 1.807) is 0 Å². The molecule has 2 aromatic carbocycles. The summed E-state index contributed by atoms with van der Waals surface area (Å²) in [6, 6.07) is 18.2. The van der Waals surface area contributed by atoms with Gasteiger partial charge in [-0.05, 0) is 37.9 Å². The fraction of sp³-hybridized carbons (Fsp3) is 0.400. The molecule has 0 aliphatic rings. The van der Waals surface area contributed by atoms with Crippen LogP contribution in [0.3, 0.4) is 0 Å². The van der Waals surface area contributed by atoms with E-state index in [9.17, 15) is 0 Å². The van der Waals surface area contributed by atoms with Crippen LogP contribution in [0.15, 0.2) is 48.5 Å². The lowest BCUT2D eigenvalue weighted by Gasteiger charge is -2.28. The van der Waals surface area contributed by atoms with Crippen LogP contribution in [0.5, 0.6) is 0 Å². The van der Waals surface area contributed by atoms with E-state index in [4.69, 9.17) is 0 Å². The zero-order valence-electron chi connectivity index (χ0n) is 13.7. The van der Waals surface area contributed by atoms with Gasteiger partial charge in [-0.15, -0.1) is 0 Å². The Bertz CT molecular complexity index is 539. The SMILES string of the molecule is CCNC(c1cc(C)cc(C)c1)C(CC)c1ccccc1. The molecule has 0 bridgehead atoms. The summed E-state index contributed by atoms with van der Waals surface area (Å²) < 4.78 is 0. The zero-order chi connectivity index (χ0) is 15.2. The molecule has 2 atom stereocenters. The number of benzene rings is 2. The Hall–Kier alpha value is -1.60. The number of aryl methyl sites for hydroxylation is 2. The number of likely N-dealkylation sites (N-methyl/N-ethyl adjacent to an activating group) is 1. The van der Waals surface area contributed by atoms with E-state index in [1.807, 2.05) is 0 Å². The van der Waals surface area contributed by atoms with Gasteiger partial charge in [-0.25, -0.2) is 0 Å². The highest BCUT2D eigenvalue weighted by molar-refractivity contribution is 5.34. The molecule has 0 aliphatic heterocycles. The average molecular weight is 281 g/mol. The molecule has 0 fully saturated rings. The normalized spacial score (nSPS) is 13.9. The van der Waals surface area contributed by atoms with Gasteiger partial charge in [0.1, 0.15) is 0 Å². The molecule has 0 aromatic heterocycles. The van der Waals surface area contributed by atoms with Crippen LogP contribution in [-0.2, 0) is 0 Å². The number of hydrogen-bond donors (Lipinski definition) is 1. The Balaban J connectivity index is 2.41. The van der Waals surface area contributed by atoms with E-state index in [2.05, 4.69) is 81.5 Å². The molecule has 0 amide bonds. The molecule has 0 spiro atoms. The lowest BCUT2D eigenvalue weighted by molar-refractivity contribution is 0.445. The Kier molecular flexibility index (Phi) is 5.58. The third kappa shape index (κ3) is 3.95. The van der Waals surface area contributed by atoms with Crippen LogP contribution in [0.1, 0.15) is 54.5 Å². The summed E-state index contributed by atoms with van der Waals surface area (Å²) >= 11 is 0. The van der Waals surface area contributed by atoms with E-state index >= 15 is 0 Å². The third-order valence-electron chi connectivity index (χ3n) is 4.10. The van der Waals surface area contributed by atoms with Gasteiger partial charge in [-0.3, -0.25) is 0 Å². The predicted octanol–water partition coefficient (Wildman–Crippen LogP) is 5.15. The van der Waals surface area contributed by atoms with Gasteiger partial charge >= 0.3 is 0 Å². The fourth-order valence-electron chi connectivity index (χ4n) is 3.27. The average Bonchev–Trinajstić information content (AvgIpc) is 2.47. The third-order valence-corrected chi connectivity index (χ3v) is 4.10. The molecule has 0 aliphatic carbocycles. The van der Waals surface area contributed by atoms with Crippen LogP contribution < -0.4 is 5.32 Å². The monoisotopic (exact) mass is 281 g/mol. The summed E-state index contributed by atoms with van der Waals surface area (Å²) in [7, 11) is 0. The van der Waals surface area contributed by atoms with Crippen LogP contribution in [0.2, 0.25) is 0 Å². The van der Waals surface area contributed by atoms with Crippen molar-refractivity contribution in [1.82, 2.24) is 5.32 Å². The molecule has 0 radical (unpaired) electrons. The van der Waals surface area contributed by atoms with Crippen LogP contribution in [-0.4, -0.2) is 6.54 Å². The topological polar surface area (TPSA) is 12.0 Å². The molecule has 2 aromatic rings. The van der Waals surface area contributed by atoms with Gasteiger partial charge in [-0.2, -0.15) is 0 Å². The minimum absolute atomic E-state index is 0.376.